The summed E-state index contributed by atoms with van der Waals surface area (Å²) >= 11 is 0. The van der Waals surface area contributed by atoms with Crippen LogP contribution in [0.1, 0.15) is 27.2 Å². The zero-order valence-corrected chi connectivity index (χ0v) is 13.0. The molecule has 1 aromatic heterocycles. The number of rotatable bonds is 5. The number of aryl methyl sites for hydroxylation is 1. The van der Waals surface area contributed by atoms with E-state index in [0.29, 0.717) is 16.9 Å². The van der Waals surface area contributed by atoms with Crippen LogP contribution in [-0.4, -0.2) is 12.9 Å². The summed E-state index contributed by atoms with van der Waals surface area (Å²) < 4.78 is 34.5. The normalized spacial score (nSPS) is 10.7. The number of carbonyl (C=O) groups excluding carboxylic acids is 1. The summed E-state index contributed by atoms with van der Waals surface area (Å²) in [5, 5.41) is 0. The highest BCUT2D eigenvalue weighted by molar-refractivity contribution is 6.08. The van der Waals surface area contributed by atoms with Crippen LogP contribution in [0.4, 0.5) is 8.78 Å². The molecule has 0 spiro atoms. The minimum Gasteiger partial charge on any atom is -0.496 e. The molecule has 0 N–H and O–H groups in total. The van der Waals surface area contributed by atoms with Gasteiger partial charge >= 0.3 is 5.63 Å². The van der Waals surface area contributed by atoms with E-state index in [4.69, 9.17) is 9.15 Å². The lowest BCUT2D eigenvalue weighted by atomic mass is 10.1. The summed E-state index contributed by atoms with van der Waals surface area (Å²) in [6.07, 6.45) is 1.50. The summed E-state index contributed by atoms with van der Waals surface area (Å²) in [5.41, 5.74) is -0.172. The van der Waals surface area contributed by atoms with Crippen LogP contribution in [0.3, 0.4) is 0 Å². The van der Waals surface area contributed by atoms with Crippen molar-refractivity contribution in [2.75, 3.05) is 7.11 Å². The molecule has 4 nitrogen and oxygen atoms in total. The first-order valence-electron chi connectivity index (χ1n) is 6.94. The summed E-state index contributed by atoms with van der Waals surface area (Å²) in [6.45, 7) is 1.57. The van der Waals surface area contributed by atoms with E-state index in [2.05, 4.69) is 0 Å². The summed E-state index contributed by atoms with van der Waals surface area (Å²) in [7, 11) is 1.34. The molecule has 124 valence electrons. The molecule has 0 aliphatic rings. The average Bonchev–Trinajstić information content (AvgIpc) is 2.51. The highest BCUT2D eigenvalue weighted by Gasteiger charge is 2.17. The highest BCUT2D eigenvalue weighted by atomic mass is 19.3. The van der Waals surface area contributed by atoms with Crippen LogP contribution in [0.5, 0.6) is 5.75 Å². The van der Waals surface area contributed by atoms with Crippen molar-refractivity contribution >= 4 is 17.9 Å². The molecule has 2 rings (SSSR count). The zero-order valence-electron chi connectivity index (χ0n) is 13.0. The number of benzene rings is 1. The van der Waals surface area contributed by atoms with E-state index in [0.717, 1.165) is 6.08 Å². The molecule has 1 aromatic carbocycles. The smallest absolute Gasteiger partial charge is 0.351 e. The van der Waals surface area contributed by atoms with Gasteiger partial charge in [0.05, 0.1) is 7.11 Å². The molecule has 2 aromatic rings. The summed E-state index contributed by atoms with van der Waals surface area (Å²) in [4.78, 5) is 24.1. The van der Waals surface area contributed by atoms with Crippen molar-refractivity contribution < 1.29 is 22.7 Å². The lowest BCUT2D eigenvalue weighted by Gasteiger charge is -2.04. The van der Waals surface area contributed by atoms with E-state index < -0.39 is 17.5 Å². The predicted molar refractivity (Wildman–Crippen MR) is 86.3 cm³/mol. The van der Waals surface area contributed by atoms with Gasteiger partial charge in [0, 0.05) is 12.1 Å². The number of carbonyl (C=O) groups is 1. The Morgan fingerprint density at radius 1 is 1.21 bits per heavy atom. The Bertz CT molecular complexity index is 875. The molecule has 1 heterocycles. The van der Waals surface area contributed by atoms with Gasteiger partial charge in [-0.05, 0) is 30.2 Å². The predicted octanol–water partition coefficient (Wildman–Crippen LogP) is 4.09. The Balaban J connectivity index is 2.32. The van der Waals surface area contributed by atoms with Crippen LogP contribution in [0.2, 0.25) is 0 Å². The lowest BCUT2D eigenvalue weighted by Crippen LogP contribution is -2.14. The fourth-order valence-corrected chi connectivity index (χ4v) is 2.10. The van der Waals surface area contributed by atoms with Gasteiger partial charge in [-0.3, -0.25) is 4.79 Å². The number of hydrogen-bond donors (Lipinski definition) is 0. The van der Waals surface area contributed by atoms with Crippen molar-refractivity contribution in [2.45, 2.75) is 6.92 Å². The van der Waals surface area contributed by atoms with Gasteiger partial charge in [0.1, 0.15) is 17.1 Å². The molecule has 24 heavy (non-hydrogen) atoms. The number of halogens is 2. The van der Waals surface area contributed by atoms with Gasteiger partial charge in [-0.15, -0.1) is 0 Å². The minimum absolute atomic E-state index is 0.120. The van der Waals surface area contributed by atoms with E-state index >= 15 is 0 Å². The second-order valence-electron chi connectivity index (χ2n) is 4.89. The molecule has 0 aliphatic carbocycles. The monoisotopic (exact) mass is 332 g/mol. The Morgan fingerprint density at radius 2 is 1.92 bits per heavy atom. The van der Waals surface area contributed by atoms with Crippen molar-refractivity contribution in [3.8, 4) is 5.75 Å². The first-order valence-corrected chi connectivity index (χ1v) is 6.94. The molecule has 0 aliphatic heterocycles. The highest BCUT2D eigenvalue weighted by Crippen LogP contribution is 2.18. The van der Waals surface area contributed by atoms with E-state index in [9.17, 15) is 18.4 Å². The molecule has 0 radical (unpaired) electrons. The molecule has 0 fully saturated rings. The third kappa shape index (κ3) is 4.25. The molecule has 0 unspecified atom stereocenters. The van der Waals surface area contributed by atoms with Crippen molar-refractivity contribution in [1.82, 2.24) is 0 Å². The fraction of sp³-hybridized carbons (Fsp3) is 0.111. The van der Waals surface area contributed by atoms with E-state index in [1.807, 2.05) is 0 Å². The molecule has 0 saturated heterocycles. The van der Waals surface area contributed by atoms with Crippen LogP contribution in [0, 0.1) is 6.92 Å². The van der Waals surface area contributed by atoms with Gasteiger partial charge in [0.2, 0.25) is 0 Å². The number of methoxy groups -OCH3 is 1. The molecule has 0 atom stereocenters. The maximum absolute atomic E-state index is 12.3. The molecule has 6 heteroatoms. The topological polar surface area (TPSA) is 56.5 Å². The van der Waals surface area contributed by atoms with Crippen molar-refractivity contribution in [3.05, 3.63) is 75.4 Å². The van der Waals surface area contributed by atoms with Crippen LogP contribution in [0.15, 0.2) is 51.7 Å². The maximum atomic E-state index is 12.3. The standard InChI is InChI=1S/C18H14F2O4/c1-11-8-15(23-2)17(18(22)24-11)14(21)7-6-12-4-3-5-13(9-12)10-16(19)20/h3-10H,1-2H3/b7-6+. The molecule has 0 bridgehead atoms. The van der Waals surface area contributed by atoms with Gasteiger partial charge in [-0.25, -0.2) is 4.79 Å². The first kappa shape index (κ1) is 17.3. The van der Waals surface area contributed by atoms with Gasteiger partial charge in [0.25, 0.3) is 6.08 Å². The molecule has 0 saturated carbocycles. The molecular formula is C18H14F2O4. The van der Waals surface area contributed by atoms with Gasteiger partial charge in [0.15, 0.2) is 5.78 Å². The van der Waals surface area contributed by atoms with Gasteiger partial charge < -0.3 is 9.15 Å². The zero-order chi connectivity index (χ0) is 17.7. The SMILES string of the molecule is COc1cc(C)oc(=O)c1C(=O)/C=C/c1cccc(C=C(F)F)c1. The Labute approximate surface area is 136 Å². The van der Waals surface area contributed by atoms with Gasteiger partial charge in [-0.2, -0.15) is 8.78 Å². The lowest BCUT2D eigenvalue weighted by molar-refractivity contribution is 0.104. The second-order valence-corrected chi connectivity index (χ2v) is 4.89. The Kier molecular flexibility index (Phi) is 5.42. The second kappa shape index (κ2) is 7.50. The summed E-state index contributed by atoms with van der Waals surface area (Å²) in [5.74, 6) is -0.155. The number of ether oxygens (including phenoxy) is 1. The van der Waals surface area contributed by atoms with Crippen LogP contribution >= 0.6 is 0 Å². The number of hydrogen-bond acceptors (Lipinski definition) is 4. The third-order valence-electron chi connectivity index (χ3n) is 3.12. The van der Waals surface area contributed by atoms with Crippen LogP contribution < -0.4 is 10.4 Å². The van der Waals surface area contributed by atoms with Crippen molar-refractivity contribution in [3.63, 3.8) is 0 Å². The number of allylic oxidation sites excluding steroid dienone is 1. The van der Waals surface area contributed by atoms with Crippen molar-refractivity contribution in [1.29, 1.82) is 0 Å². The average molecular weight is 332 g/mol. The minimum atomic E-state index is -1.81. The quantitative estimate of drug-likeness (QED) is 0.611. The fourth-order valence-electron chi connectivity index (χ4n) is 2.10. The molecule has 0 amide bonds. The number of ketones is 1. The van der Waals surface area contributed by atoms with Crippen LogP contribution in [0.25, 0.3) is 12.2 Å². The maximum Gasteiger partial charge on any atom is 0.351 e. The van der Waals surface area contributed by atoms with Gasteiger partial charge in [-0.1, -0.05) is 24.3 Å². The van der Waals surface area contributed by atoms with E-state index in [1.165, 1.54) is 37.5 Å². The van der Waals surface area contributed by atoms with E-state index in [-0.39, 0.29) is 11.3 Å². The van der Waals surface area contributed by atoms with E-state index in [1.54, 1.807) is 19.1 Å². The third-order valence-corrected chi connectivity index (χ3v) is 3.12. The van der Waals surface area contributed by atoms with Crippen molar-refractivity contribution in [2.24, 2.45) is 0 Å². The Morgan fingerprint density at radius 3 is 2.58 bits per heavy atom. The largest absolute Gasteiger partial charge is 0.496 e. The first-order chi connectivity index (χ1) is 11.4. The summed E-state index contributed by atoms with van der Waals surface area (Å²) in [6, 6.07) is 7.66. The molecular weight excluding hydrogens is 318 g/mol. The Hall–Kier alpha value is -3.02. The van der Waals surface area contributed by atoms with Crippen LogP contribution in [-0.2, 0) is 0 Å².